The van der Waals surface area contributed by atoms with Gasteiger partial charge in [-0.1, -0.05) is 29.5 Å². The average Bonchev–Trinajstić information content (AvgIpc) is 3.35. The van der Waals surface area contributed by atoms with Crippen LogP contribution in [-0.2, 0) is 30.7 Å². The molecule has 11 heteroatoms. The zero-order valence-electron chi connectivity index (χ0n) is 16.4. The van der Waals surface area contributed by atoms with Gasteiger partial charge in [0, 0.05) is 18.6 Å². The lowest BCUT2D eigenvalue weighted by Crippen LogP contribution is -2.22. The van der Waals surface area contributed by atoms with Crippen LogP contribution in [0.25, 0.3) is 10.2 Å². The lowest BCUT2D eigenvalue weighted by Gasteiger charge is -2.04. The summed E-state index contributed by atoms with van der Waals surface area (Å²) >= 11 is 1.18. The largest absolute Gasteiger partial charge is 0.468 e. The first-order valence-electron chi connectivity index (χ1n) is 9.22. The van der Waals surface area contributed by atoms with Crippen LogP contribution < -0.4 is 14.3 Å². The van der Waals surface area contributed by atoms with Gasteiger partial charge in [-0.2, -0.15) is 4.99 Å². The molecule has 0 radical (unpaired) electrons. The fourth-order valence-electron chi connectivity index (χ4n) is 3.02. The molecule has 0 N–H and O–H groups in total. The number of thiazole rings is 1. The molecule has 0 aliphatic carbocycles. The fraction of sp³-hybridized carbons (Fsp3) is 0.250. The van der Waals surface area contributed by atoms with Gasteiger partial charge in [0.15, 0.2) is 26.1 Å². The molecule has 1 amide bonds. The van der Waals surface area contributed by atoms with Crippen molar-refractivity contribution in [2.24, 2.45) is 4.99 Å². The molecule has 0 fully saturated rings. The zero-order valence-corrected chi connectivity index (χ0v) is 18.1. The molecule has 31 heavy (non-hydrogen) atoms. The van der Waals surface area contributed by atoms with Crippen molar-refractivity contribution in [3.05, 3.63) is 47.3 Å². The summed E-state index contributed by atoms with van der Waals surface area (Å²) in [6.45, 7) is -0.0558. The van der Waals surface area contributed by atoms with E-state index >= 15 is 0 Å². The number of rotatable bonds is 6. The second-order valence-electron chi connectivity index (χ2n) is 6.61. The minimum Gasteiger partial charge on any atom is -0.468 e. The van der Waals surface area contributed by atoms with Crippen molar-refractivity contribution in [2.75, 3.05) is 19.7 Å². The van der Waals surface area contributed by atoms with Gasteiger partial charge in [0.2, 0.25) is 12.7 Å². The first-order chi connectivity index (χ1) is 14.9. The molecule has 4 rings (SSSR count). The van der Waals surface area contributed by atoms with E-state index in [1.54, 1.807) is 30.3 Å². The molecule has 0 saturated carbocycles. The average molecular weight is 463 g/mol. The summed E-state index contributed by atoms with van der Waals surface area (Å²) in [6.07, 6.45) is -0.285. The van der Waals surface area contributed by atoms with Crippen LogP contribution in [0.2, 0.25) is 0 Å². The molecule has 3 aromatic rings. The summed E-state index contributed by atoms with van der Waals surface area (Å²) in [5, 5.41) is 0. The van der Waals surface area contributed by atoms with Crippen molar-refractivity contribution in [2.45, 2.75) is 17.9 Å². The number of methoxy groups -OCH3 is 1. The molecule has 1 aromatic heterocycles. The van der Waals surface area contributed by atoms with E-state index in [-0.39, 0.29) is 35.2 Å². The van der Waals surface area contributed by atoms with Crippen molar-refractivity contribution < 1.29 is 32.2 Å². The Morgan fingerprint density at radius 3 is 2.58 bits per heavy atom. The number of amides is 1. The highest BCUT2D eigenvalue weighted by atomic mass is 32.2. The normalized spacial score (nSPS) is 13.5. The third-order valence-electron chi connectivity index (χ3n) is 4.60. The van der Waals surface area contributed by atoms with Crippen LogP contribution in [0.15, 0.2) is 52.4 Å². The van der Waals surface area contributed by atoms with E-state index in [0.29, 0.717) is 17.0 Å². The van der Waals surface area contributed by atoms with Crippen LogP contribution in [0.5, 0.6) is 11.5 Å². The Morgan fingerprint density at radius 1 is 1.16 bits per heavy atom. The second kappa shape index (κ2) is 8.52. The molecule has 1 aliphatic rings. The van der Waals surface area contributed by atoms with Gasteiger partial charge in [-0.25, -0.2) is 8.42 Å². The predicted molar refractivity (Wildman–Crippen MR) is 112 cm³/mol. The number of esters is 1. The number of benzene rings is 2. The maximum absolute atomic E-state index is 12.5. The van der Waals surface area contributed by atoms with Crippen molar-refractivity contribution in [1.29, 1.82) is 0 Å². The Hall–Kier alpha value is -3.18. The van der Waals surface area contributed by atoms with Crippen LogP contribution in [0.1, 0.15) is 6.42 Å². The number of sulfone groups is 1. The van der Waals surface area contributed by atoms with Gasteiger partial charge in [-0.15, -0.1) is 0 Å². The smallest absolute Gasteiger partial charge is 0.325 e. The van der Waals surface area contributed by atoms with Crippen molar-refractivity contribution in [3.63, 3.8) is 0 Å². The van der Waals surface area contributed by atoms with Crippen LogP contribution >= 0.6 is 11.3 Å². The quantitative estimate of drug-likeness (QED) is 0.514. The molecule has 0 atom stereocenters. The third-order valence-corrected chi connectivity index (χ3v) is 7.37. The number of aromatic nitrogens is 1. The Labute approximate surface area is 181 Å². The molecule has 1 aliphatic heterocycles. The lowest BCUT2D eigenvalue weighted by molar-refractivity contribution is -0.141. The second-order valence-corrected chi connectivity index (χ2v) is 9.73. The minimum absolute atomic E-state index is 0.106. The van der Waals surface area contributed by atoms with Gasteiger partial charge in [-0.3, -0.25) is 9.59 Å². The van der Waals surface area contributed by atoms with Gasteiger partial charge in [0.25, 0.3) is 0 Å². The summed E-state index contributed by atoms with van der Waals surface area (Å²) in [7, 11) is -2.34. The Bertz CT molecular complexity index is 1320. The van der Waals surface area contributed by atoms with Crippen LogP contribution in [0.4, 0.5) is 0 Å². The number of nitrogens with zero attached hydrogens (tertiary/aromatic N) is 2. The van der Waals surface area contributed by atoms with Crippen molar-refractivity contribution in [3.8, 4) is 11.5 Å². The van der Waals surface area contributed by atoms with E-state index in [4.69, 9.17) is 14.2 Å². The molecule has 0 unspecified atom stereocenters. The van der Waals surface area contributed by atoms with Crippen molar-refractivity contribution in [1.82, 2.24) is 4.57 Å². The van der Waals surface area contributed by atoms with Gasteiger partial charge < -0.3 is 18.8 Å². The number of carbonyl (C=O) groups is 2. The van der Waals surface area contributed by atoms with E-state index < -0.39 is 21.7 Å². The van der Waals surface area contributed by atoms with Crippen LogP contribution in [-0.4, -0.2) is 44.5 Å². The minimum atomic E-state index is -3.60. The monoisotopic (exact) mass is 462 g/mol. The molecule has 0 saturated heterocycles. The number of ether oxygens (including phenoxy) is 3. The van der Waals surface area contributed by atoms with Crippen LogP contribution in [0, 0.1) is 0 Å². The fourth-order valence-corrected chi connectivity index (χ4v) is 5.33. The van der Waals surface area contributed by atoms with Gasteiger partial charge >= 0.3 is 5.97 Å². The summed E-state index contributed by atoms with van der Waals surface area (Å²) in [5.41, 5.74) is 0.628. The Morgan fingerprint density at radius 2 is 1.87 bits per heavy atom. The predicted octanol–water partition coefficient (Wildman–Crippen LogP) is 1.90. The highest BCUT2D eigenvalue weighted by Gasteiger charge is 2.20. The SMILES string of the molecule is COC(=O)Cn1c(=NC(=O)CCS(=O)(=O)c2ccccc2)sc2cc3c(cc21)OCO3. The zero-order chi connectivity index (χ0) is 22.0. The molecule has 9 nitrogen and oxygen atoms in total. The number of carbonyl (C=O) groups excluding carboxylic acids is 2. The molecule has 162 valence electrons. The molecule has 2 heterocycles. The van der Waals surface area contributed by atoms with E-state index in [1.807, 2.05) is 0 Å². The Balaban J connectivity index is 1.65. The van der Waals surface area contributed by atoms with Gasteiger partial charge in [-0.05, 0) is 12.1 Å². The molecule has 0 spiro atoms. The maximum atomic E-state index is 12.5. The molecular formula is C20H18N2O7S2. The summed E-state index contributed by atoms with van der Waals surface area (Å²) in [5.74, 6) is -0.402. The Kier molecular flexibility index (Phi) is 5.79. The first-order valence-corrected chi connectivity index (χ1v) is 11.7. The summed E-state index contributed by atoms with van der Waals surface area (Å²) < 4.78 is 42.6. The standard InChI is InChI=1S/C20H18N2O7S2/c1-27-19(24)11-22-14-9-15-16(29-12-28-15)10-17(14)30-20(22)21-18(23)7-8-31(25,26)13-5-3-2-4-6-13/h2-6,9-10H,7-8,11-12H2,1H3. The summed E-state index contributed by atoms with van der Waals surface area (Å²) in [4.78, 5) is 28.9. The highest BCUT2D eigenvalue weighted by molar-refractivity contribution is 7.91. The lowest BCUT2D eigenvalue weighted by atomic mass is 10.3. The maximum Gasteiger partial charge on any atom is 0.325 e. The van der Waals surface area contributed by atoms with E-state index in [2.05, 4.69) is 4.99 Å². The van der Waals surface area contributed by atoms with Gasteiger partial charge in [0.05, 0.1) is 28.0 Å². The van der Waals surface area contributed by atoms with E-state index in [0.717, 1.165) is 4.70 Å². The first kappa shape index (κ1) is 21.1. The van der Waals surface area contributed by atoms with Crippen LogP contribution in [0.3, 0.4) is 0 Å². The number of hydrogen-bond donors (Lipinski definition) is 0. The molecular weight excluding hydrogens is 444 g/mol. The highest BCUT2D eigenvalue weighted by Crippen LogP contribution is 2.37. The van der Waals surface area contributed by atoms with E-state index in [9.17, 15) is 18.0 Å². The number of hydrogen-bond acceptors (Lipinski definition) is 8. The number of fused-ring (bicyclic) bond motifs is 2. The topological polar surface area (TPSA) is 113 Å². The molecule has 2 aromatic carbocycles. The molecule has 0 bridgehead atoms. The third kappa shape index (κ3) is 4.47. The van der Waals surface area contributed by atoms with Gasteiger partial charge in [0.1, 0.15) is 6.54 Å². The van der Waals surface area contributed by atoms with Crippen molar-refractivity contribution >= 4 is 43.3 Å². The summed E-state index contributed by atoms with van der Waals surface area (Å²) in [6, 6.07) is 11.4. The van der Waals surface area contributed by atoms with E-state index in [1.165, 1.54) is 35.1 Å².